The van der Waals surface area contributed by atoms with Crippen LogP contribution in [0, 0.1) is 0 Å². The SMILES string of the molecule is CC1(C)[C@H](C(=O)O)N2C(=O)[C@@](NC=O)(NC(=O)COc3ccccc3)[C@H]2[S+]1[O-]. The minimum Gasteiger partial charge on any atom is -0.614 e. The maximum absolute atomic E-state index is 12.9. The van der Waals surface area contributed by atoms with E-state index in [9.17, 15) is 28.8 Å². The Labute approximate surface area is 163 Å². The standard InChI is InChI=1S/C17H19N3O7S/c1-16(2)12(13(23)24)20-14(25)17(18-9-21,15(20)28(16)26)19-11(22)8-27-10-6-4-3-5-7-10/h3-7,9,12,15H,8H2,1-2H3,(H,18,21)(H,19,22)(H,23,24)/t12-,15+,17+,28?/m0/s1. The van der Waals surface area contributed by atoms with E-state index in [4.69, 9.17) is 4.74 Å². The molecule has 11 heteroatoms. The van der Waals surface area contributed by atoms with Crippen molar-refractivity contribution in [2.45, 2.75) is 35.7 Å². The number of nitrogens with zero attached hydrogens (tertiary/aromatic N) is 1. The fourth-order valence-corrected chi connectivity index (χ4v) is 5.50. The second-order valence-corrected chi connectivity index (χ2v) is 9.02. The van der Waals surface area contributed by atoms with Crippen molar-refractivity contribution in [1.82, 2.24) is 15.5 Å². The molecule has 150 valence electrons. The number of hydrogen-bond acceptors (Lipinski definition) is 6. The molecular formula is C17H19N3O7S. The van der Waals surface area contributed by atoms with Crippen LogP contribution in [-0.4, -0.2) is 67.2 Å². The number of rotatable bonds is 7. The Kier molecular flexibility index (Phi) is 4.98. The fraction of sp³-hybridized carbons (Fsp3) is 0.412. The van der Waals surface area contributed by atoms with Crippen LogP contribution in [0.2, 0.25) is 0 Å². The zero-order valence-corrected chi connectivity index (χ0v) is 15.9. The lowest BCUT2D eigenvalue weighted by atomic mass is 9.91. The molecule has 0 spiro atoms. The second-order valence-electron chi connectivity index (χ2n) is 6.93. The van der Waals surface area contributed by atoms with Crippen LogP contribution in [0.1, 0.15) is 13.8 Å². The number of nitrogens with one attached hydrogen (secondary N) is 2. The van der Waals surface area contributed by atoms with Crippen LogP contribution in [0.3, 0.4) is 0 Å². The van der Waals surface area contributed by atoms with Crippen LogP contribution in [0.4, 0.5) is 0 Å². The largest absolute Gasteiger partial charge is 0.614 e. The molecule has 2 aliphatic heterocycles. The molecule has 2 fully saturated rings. The molecule has 4 atom stereocenters. The van der Waals surface area contributed by atoms with E-state index >= 15 is 0 Å². The minimum absolute atomic E-state index is 0.200. The number of ether oxygens (including phenoxy) is 1. The lowest BCUT2D eigenvalue weighted by Gasteiger charge is -2.49. The minimum atomic E-state index is -1.98. The van der Waals surface area contributed by atoms with Crippen molar-refractivity contribution in [2.75, 3.05) is 6.61 Å². The zero-order valence-electron chi connectivity index (χ0n) is 15.1. The molecule has 2 saturated heterocycles. The average molecular weight is 409 g/mol. The maximum Gasteiger partial charge on any atom is 0.332 e. The molecule has 1 aromatic rings. The first-order valence-electron chi connectivity index (χ1n) is 8.33. The molecule has 0 saturated carbocycles. The highest BCUT2D eigenvalue weighted by Crippen LogP contribution is 2.49. The Morgan fingerprint density at radius 3 is 2.57 bits per heavy atom. The summed E-state index contributed by atoms with van der Waals surface area (Å²) >= 11 is -1.87. The third kappa shape index (κ3) is 2.87. The molecule has 0 aromatic heterocycles. The van der Waals surface area contributed by atoms with Crippen LogP contribution in [0.5, 0.6) is 5.75 Å². The number of carbonyl (C=O) groups excluding carboxylic acids is 3. The van der Waals surface area contributed by atoms with Crippen molar-refractivity contribution in [3.8, 4) is 5.75 Å². The number of carbonyl (C=O) groups is 4. The molecule has 10 nitrogen and oxygen atoms in total. The van der Waals surface area contributed by atoms with Gasteiger partial charge in [0.15, 0.2) is 17.4 Å². The Morgan fingerprint density at radius 1 is 1.36 bits per heavy atom. The van der Waals surface area contributed by atoms with E-state index in [0.29, 0.717) is 5.75 Å². The molecule has 3 amide bonds. The lowest BCUT2D eigenvalue weighted by Crippen LogP contribution is -2.86. The van der Waals surface area contributed by atoms with Gasteiger partial charge in [0.1, 0.15) is 5.75 Å². The number of benzene rings is 1. The quantitative estimate of drug-likeness (QED) is 0.221. The summed E-state index contributed by atoms with van der Waals surface area (Å²) in [6, 6.07) is 7.12. The number of carboxylic acid groups (broad SMARTS) is 1. The third-order valence-electron chi connectivity index (χ3n) is 4.82. The van der Waals surface area contributed by atoms with Gasteiger partial charge in [0, 0.05) is 0 Å². The van der Waals surface area contributed by atoms with Gasteiger partial charge in [-0.2, -0.15) is 0 Å². The predicted molar refractivity (Wildman–Crippen MR) is 96.3 cm³/mol. The second kappa shape index (κ2) is 6.99. The van der Waals surface area contributed by atoms with E-state index in [-0.39, 0.29) is 6.41 Å². The Bertz CT molecular complexity index is 818. The number of carboxylic acids is 1. The van der Waals surface area contributed by atoms with Gasteiger partial charge in [-0.05, 0) is 37.2 Å². The van der Waals surface area contributed by atoms with Gasteiger partial charge in [-0.1, -0.05) is 18.2 Å². The van der Waals surface area contributed by atoms with Gasteiger partial charge >= 0.3 is 5.97 Å². The van der Waals surface area contributed by atoms with Crippen molar-refractivity contribution in [3.05, 3.63) is 30.3 Å². The third-order valence-corrected chi connectivity index (χ3v) is 7.07. The van der Waals surface area contributed by atoms with Gasteiger partial charge in [-0.3, -0.25) is 19.3 Å². The smallest absolute Gasteiger partial charge is 0.332 e. The molecular weight excluding hydrogens is 390 g/mol. The van der Waals surface area contributed by atoms with E-state index in [1.165, 1.54) is 13.8 Å². The van der Waals surface area contributed by atoms with Gasteiger partial charge in [-0.25, -0.2) is 4.79 Å². The summed E-state index contributed by atoms with van der Waals surface area (Å²) in [5.41, 5.74) is -1.98. The monoisotopic (exact) mass is 409 g/mol. The molecule has 2 aliphatic rings. The van der Waals surface area contributed by atoms with Crippen molar-refractivity contribution >= 4 is 35.4 Å². The van der Waals surface area contributed by atoms with E-state index in [1.54, 1.807) is 30.3 Å². The molecule has 3 N–H and O–H groups in total. The topological polar surface area (TPSA) is 148 Å². The highest BCUT2D eigenvalue weighted by molar-refractivity contribution is 7.94. The summed E-state index contributed by atoms with van der Waals surface area (Å²) < 4.78 is 17.0. The highest BCUT2D eigenvalue weighted by atomic mass is 32.2. The lowest BCUT2D eigenvalue weighted by molar-refractivity contribution is -0.172. The molecule has 2 heterocycles. The molecule has 0 aliphatic carbocycles. The number of para-hydroxylation sites is 1. The van der Waals surface area contributed by atoms with Crippen LogP contribution < -0.4 is 15.4 Å². The van der Waals surface area contributed by atoms with Crippen molar-refractivity contribution in [1.29, 1.82) is 0 Å². The summed E-state index contributed by atoms with van der Waals surface area (Å²) in [6.07, 6.45) is 0.200. The molecule has 0 bridgehead atoms. The number of hydrogen-bond donors (Lipinski definition) is 3. The molecule has 1 unspecified atom stereocenters. The first-order chi connectivity index (χ1) is 13.2. The number of β-lactam (4-membered cyclic amide) rings is 1. The van der Waals surface area contributed by atoms with E-state index in [0.717, 1.165) is 4.90 Å². The summed E-state index contributed by atoms with van der Waals surface area (Å²) in [7, 11) is 0. The summed E-state index contributed by atoms with van der Waals surface area (Å²) in [5.74, 6) is -2.47. The van der Waals surface area contributed by atoms with Crippen molar-refractivity contribution < 1.29 is 33.6 Å². The molecule has 1 aromatic carbocycles. The van der Waals surface area contributed by atoms with Crippen LogP contribution in [-0.2, 0) is 30.4 Å². The Balaban J connectivity index is 1.81. The van der Waals surface area contributed by atoms with Crippen LogP contribution in [0.15, 0.2) is 30.3 Å². The Morgan fingerprint density at radius 2 is 2.00 bits per heavy atom. The van der Waals surface area contributed by atoms with Crippen LogP contribution >= 0.6 is 0 Å². The van der Waals surface area contributed by atoms with E-state index in [1.807, 2.05) is 0 Å². The highest BCUT2D eigenvalue weighted by Gasteiger charge is 2.80. The first kappa shape index (κ1) is 20.0. The predicted octanol–water partition coefficient (Wildman–Crippen LogP) is -1.21. The molecule has 0 radical (unpaired) electrons. The summed E-state index contributed by atoms with van der Waals surface area (Å²) in [4.78, 5) is 48.8. The van der Waals surface area contributed by atoms with Gasteiger partial charge in [-0.15, -0.1) is 0 Å². The van der Waals surface area contributed by atoms with Crippen molar-refractivity contribution in [2.24, 2.45) is 0 Å². The van der Waals surface area contributed by atoms with Gasteiger partial charge in [0.2, 0.25) is 11.8 Å². The number of fused-ring (bicyclic) bond motifs is 1. The van der Waals surface area contributed by atoms with Gasteiger partial charge < -0.3 is 25.0 Å². The maximum atomic E-state index is 12.9. The average Bonchev–Trinajstić information content (AvgIpc) is 2.85. The first-order valence-corrected chi connectivity index (χ1v) is 9.54. The summed E-state index contributed by atoms with van der Waals surface area (Å²) in [5, 5.41) is 12.9. The van der Waals surface area contributed by atoms with Crippen LogP contribution in [0.25, 0.3) is 0 Å². The van der Waals surface area contributed by atoms with Gasteiger partial charge in [0.25, 0.3) is 17.5 Å². The molecule has 28 heavy (non-hydrogen) atoms. The van der Waals surface area contributed by atoms with E-state index in [2.05, 4.69) is 10.6 Å². The zero-order chi connectivity index (χ0) is 20.7. The van der Waals surface area contributed by atoms with Crippen molar-refractivity contribution in [3.63, 3.8) is 0 Å². The number of aliphatic carboxylic acids is 1. The van der Waals surface area contributed by atoms with E-state index < -0.39 is 57.4 Å². The summed E-state index contributed by atoms with van der Waals surface area (Å²) in [6.45, 7) is 2.46. The number of amides is 3. The molecule has 3 rings (SSSR count). The van der Waals surface area contributed by atoms with Gasteiger partial charge in [0.05, 0.1) is 0 Å². The fourth-order valence-electron chi connectivity index (χ4n) is 3.52. The Hall–Kier alpha value is -2.79. The normalized spacial score (nSPS) is 30.0.